The van der Waals surface area contributed by atoms with Gasteiger partial charge < -0.3 is 15.8 Å². The van der Waals surface area contributed by atoms with E-state index in [1.165, 1.54) is 0 Å². The van der Waals surface area contributed by atoms with Crippen LogP contribution in [0.5, 0.6) is 0 Å². The Balaban J connectivity index is 2.62. The number of carbonyl (C=O) groups is 1. The first-order valence-corrected chi connectivity index (χ1v) is 5.66. The molecule has 1 amide bonds. The zero-order valence-electron chi connectivity index (χ0n) is 10.6. The zero-order valence-corrected chi connectivity index (χ0v) is 10.6. The predicted molar refractivity (Wildman–Crippen MR) is 67.6 cm³/mol. The lowest BCUT2D eigenvalue weighted by Gasteiger charge is -2.23. The normalized spacial score (nSPS) is 12.9. The van der Waals surface area contributed by atoms with Crippen LogP contribution in [0.15, 0.2) is 30.3 Å². The van der Waals surface area contributed by atoms with Crippen molar-refractivity contribution < 1.29 is 9.53 Å². The lowest BCUT2D eigenvalue weighted by molar-refractivity contribution is 0.0949. The van der Waals surface area contributed by atoms with Crippen LogP contribution in [0, 0.1) is 0 Å². The fraction of sp³-hybridized carbons (Fsp3) is 0.462. The number of hydrogen-bond donors (Lipinski definition) is 2. The van der Waals surface area contributed by atoms with Gasteiger partial charge in [0.1, 0.15) is 6.10 Å². The average molecular weight is 236 g/mol. The molecule has 1 aromatic carbocycles. The maximum Gasteiger partial charge on any atom is 0.408 e. The summed E-state index contributed by atoms with van der Waals surface area (Å²) >= 11 is 0. The second-order valence-electron chi connectivity index (χ2n) is 4.92. The summed E-state index contributed by atoms with van der Waals surface area (Å²) in [6, 6.07) is 9.47. The van der Waals surface area contributed by atoms with Crippen LogP contribution >= 0.6 is 0 Å². The molecule has 0 aliphatic carbocycles. The fourth-order valence-electron chi connectivity index (χ4n) is 1.38. The van der Waals surface area contributed by atoms with Crippen molar-refractivity contribution in [3.8, 4) is 0 Å². The third kappa shape index (κ3) is 4.87. The standard InChI is InChI=1S/C13H20N2O2/c1-13(2,3)15-12(16)17-11(9-14)10-7-5-4-6-8-10/h4-8,11H,9,14H2,1-3H3,(H,15,16)/t11-/m0/s1. The number of hydrogen-bond acceptors (Lipinski definition) is 3. The van der Waals surface area contributed by atoms with Gasteiger partial charge in [0, 0.05) is 12.1 Å². The highest BCUT2D eigenvalue weighted by molar-refractivity contribution is 5.68. The molecule has 17 heavy (non-hydrogen) atoms. The van der Waals surface area contributed by atoms with Gasteiger partial charge in [-0.1, -0.05) is 30.3 Å². The number of rotatable bonds is 3. The smallest absolute Gasteiger partial charge is 0.408 e. The highest BCUT2D eigenvalue weighted by Crippen LogP contribution is 2.16. The summed E-state index contributed by atoms with van der Waals surface area (Å²) in [6.45, 7) is 5.96. The molecule has 0 saturated carbocycles. The van der Waals surface area contributed by atoms with E-state index in [1.807, 2.05) is 51.1 Å². The largest absolute Gasteiger partial charge is 0.440 e. The number of carbonyl (C=O) groups excluding carboxylic acids is 1. The number of ether oxygens (including phenoxy) is 1. The number of nitrogens with one attached hydrogen (secondary N) is 1. The molecule has 0 spiro atoms. The van der Waals surface area contributed by atoms with Crippen molar-refractivity contribution in [2.45, 2.75) is 32.4 Å². The van der Waals surface area contributed by atoms with Crippen molar-refractivity contribution in [3.63, 3.8) is 0 Å². The van der Waals surface area contributed by atoms with E-state index >= 15 is 0 Å². The number of alkyl carbamates (subject to hydrolysis) is 1. The number of amides is 1. The van der Waals surface area contributed by atoms with Gasteiger partial charge in [-0.2, -0.15) is 0 Å². The van der Waals surface area contributed by atoms with E-state index in [0.717, 1.165) is 5.56 Å². The van der Waals surface area contributed by atoms with Gasteiger partial charge in [0.2, 0.25) is 0 Å². The molecule has 0 aromatic heterocycles. The summed E-state index contributed by atoms with van der Waals surface area (Å²) < 4.78 is 5.29. The minimum atomic E-state index is -0.447. The lowest BCUT2D eigenvalue weighted by atomic mass is 10.1. The van der Waals surface area contributed by atoms with Crippen molar-refractivity contribution in [1.29, 1.82) is 0 Å². The van der Waals surface area contributed by atoms with Gasteiger partial charge in [-0.3, -0.25) is 0 Å². The van der Waals surface area contributed by atoms with Crippen molar-refractivity contribution >= 4 is 6.09 Å². The minimum Gasteiger partial charge on any atom is -0.440 e. The van der Waals surface area contributed by atoms with Gasteiger partial charge in [-0.05, 0) is 26.3 Å². The Bertz CT molecular complexity index is 357. The summed E-state index contributed by atoms with van der Waals surface area (Å²) in [4.78, 5) is 11.6. The van der Waals surface area contributed by atoms with Gasteiger partial charge in [-0.25, -0.2) is 4.79 Å². The van der Waals surface area contributed by atoms with Crippen molar-refractivity contribution in [1.82, 2.24) is 5.32 Å². The molecule has 0 radical (unpaired) electrons. The third-order valence-corrected chi connectivity index (χ3v) is 2.11. The zero-order chi connectivity index (χ0) is 12.9. The van der Waals surface area contributed by atoms with Crippen LogP contribution in [0.4, 0.5) is 4.79 Å². The summed E-state index contributed by atoms with van der Waals surface area (Å²) in [5, 5.41) is 2.74. The molecule has 94 valence electrons. The Labute approximate surface area is 102 Å². The quantitative estimate of drug-likeness (QED) is 0.845. The van der Waals surface area contributed by atoms with Crippen LogP contribution in [0.1, 0.15) is 32.4 Å². The molecule has 3 N–H and O–H groups in total. The molecule has 0 aliphatic heterocycles. The van der Waals surface area contributed by atoms with Crippen LogP contribution in [0.2, 0.25) is 0 Å². The predicted octanol–water partition coefficient (Wildman–Crippen LogP) is 2.21. The molecule has 0 heterocycles. The van der Waals surface area contributed by atoms with Crippen molar-refractivity contribution in [2.24, 2.45) is 5.73 Å². The molecular formula is C13H20N2O2. The van der Waals surface area contributed by atoms with E-state index in [9.17, 15) is 4.79 Å². The van der Waals surface area contributed by atoms with Gasteiger partial charge >= 0.3 is 6.09 Å². The van der Waals surface area contributed by atoms with E-state index in [2.05, 4.69) is 5.32 Å². The highest BCUT2D eigenvalue weighted by Gasteiger charge is 2.19. The average Bonchev–Trinajstić information content (AvgIpc) is 2.24. The molecule has 4 nitrogen and oxygen atoms in total. The molecule has 0 bridgehead atoms. The summed E-state index contributed by atoms with van der Waals surface area (Å²) in [7, 11) is 0. The molecule has 0 fully saturated rings. The Hall–Kier alpha value is -1.55. The summed E-state index contributed by atoms with van der Waals surface area (Å²) in [5.74, 6) is 0. The fourth-order valence-corrected chi connectivity index (χ4v) is 1.38. The Kier molecular flexibility index (Phi) is 4.52. The van der Waals surface area contributed by atoms with Crippen LogP contribution in [-0.2, 0) is 4.74 Å². The first-order chi connectivity index (χ1) is 7.92. The Morgan fingerprint density at radius 3 is 2.41 bits per heavy atom. The monoisotopic (exact) mass is 236 g/mol. The highest BCUT2D eigenvalue weighted by atomic mass is 16.6. The second kappa shape index (κ2) is 5.68. The molecule has 0 unspecified atom stereocenters. The molecular weight excluding hydrogens is 216 g/mol. The van der Waals surface area contributed by atoms with Crippen LogP contribution in [0.25, 0.3) is 0 Å². The van der Waals surface area contributed by atoms with Crippen molar-refractivity contribution in [3.05, 3.63) is 35.9 Å². The molecule has 0 aliphatic rings. The van der Waals surface area contributed by atoms with Crippen LogP contribution in [0.3, 0.4) is 0 Å². The van der Waals surface area contributed by atoms with Crippen LogP contribution < -0.4 is 11.1 Å². The van der Waals surface area contributed by atoms with Gasteiger partial charge in [-0.15, -0.1) is 0 Å². The molecule has 1 rings (SSSR count). The van der Waals surface area contributed by atoms with Gasteiger partial charge in [0.05, 0.1) is 0 Å². The maximum absolute atomic E-state index is 11.6. The maximum atomic E-state index is 11.6. The van der Waals surface area contributed by atoms with E-state index in [0.29, 0.717) is 0 Å². The SMILES string of the molecule is CC(C)(C)NC(=O)O[C@@H](CN)c1ccccc1. The van der Waals surface area contributed by atoms with Crippen LogP contribution in [-0.4, -0.2) is 18.2 Å². The van der Waals surface area contributed by atoms with E-state index in [-0.39, 0.29) is 12.1 Å². The van der Waals surface area contributed by atoms with Gasteiger partial charge in [0.25, 0.3) is 0 Å². The van der Waals surface area contributed by atoms with Gasteiger partial charge in [0.15, 0.2) is 0 Å². The first-order valence-electron chi connectivity index (χ1n) is 5.66. The van der Waals surface area contributed by atoms with E-state index in [1.54, 1.807) is 0 Å². The Morgan fingerprint density at radius 2 is 1.94 bits per heavy atom. The topological polar surface area (TPSA) is 64.3 Å². The van der Waals surface area contributed by atoms with E-state index < -0.39 is 12.2 Å². The number of benzene rings is 1. The van der Waals surface area contributed by atoms with E-state index in [4.69, 9.17) is 10.5 Å². The van der Waals surface area contributed by atoms with Crippen molar-refractivity contribution in [2.75, 3.05) is 6.54 Å². The number of nitrogens with two attached hydrogens (primary N) is 1. The molecule has 4 heteroatoms. The molecule has 1 atom stereocenters. The lowest BCUT2D eigenvalue weighted by Crippen LogP contribution is -2.41. The second-order valence-corrected chi connectivity index (χ2v) is 4.92. The summed E-state index contributed by atoms with van der Waals surface area (Å²) in [5.41, 5.74) is 6.20. The Morgan fingerprint density at radius 1 is 1.35 bits per heavy atom. The minimum absolute atomic E-state index is 0.265. The summed E-state index contributed by atoms with van der Waals surface area (Å²) in [6.07, 6.45) is -0.852. The first kappa shape index (κ1) is 13.5. The molecule has 0 saturated heterocycles. The third-order valence-electron chi connectivity index (χ3n) is 2.11. The molecule has 1 aromatic rings.